The van der Waals surface area contributed by atoms with Crippen molar-refractivity contribution in [2.75, 3.05) is 23.1 Å². The molecule has 1 aliphatic heterocycles. The van der Waals surface area contributed by atoms with Gasteiger partial charge in [0.05, 0.1) is 30.4 Å². The Morgan fingerprint density at radius 3 is 2.67 bits per heavy atom. The number of halogens is 1. The third kappa shape index (κ3) is 5.56. The van der Waals surface area contributed by atoms with Gasteiger partial charge in [0, 0.05) is 27.9 Å². The lowest BCUT2D eigenvalue weighted by molar-refractivity contribution is -0.116. The van der Waals surface area contributed by atoms with Crippen molar-refractivity contribution in [3.63, 3.8) is 0 Å². The molecule has 0 saturated heterocycles. The Hall–Kier alpha value is -3.66. The molecule has 0 bridgehead atoms. The number of allylic oxidation sites excluding steroid dienone is 3. The molecular formula is C27H23BrN6O3S2. The average molecular weight is 624 g/mol. The number of anilines is 2. The maximum absolute atomic E-state index is 13.2. The number of aromatic nitrogens is 2. The highest BCUT2D eigenvalue weighted by atomic mass is 79.9. The van der Waals surface area contributed by atoms with Crippen LogP contribution in [0, 0.1) is 11.3 Å². The van der Waals surface area contributed by atoms with Gasteiger partial charge in [0.1, 0.15) is 11.6 Å². The predicted molar refractivity (Wildman–Crippen MR) is 154 cm³/mol. The standard InChI is InChI=1S/C27H23BrN6O3S2/c1-37-18-11-9-17(10-12-18)31-22(36)14-38-27-33-32-26(39-27)34-20-3-2-4-21(35)24(20)23(19(13-29)25(34)30)15-5-7-16(28)8-6-15/h5-12,23H,2-4,14,30H2,1H3,(H,31,36). The van der Waals surface area contributed by atoms with Crippen LogP contribution in [0.3, 0.4) is 0 Å². The minimum atomic E-state index is -0.537. The molecule has 1 unspecified atom stereocenters. The number of nitriles is 1. The summed E-state index contributed by atoms with van der Waals surface area (Å²) in [5.41, 5.74) is 9.73. The molecule has 1 amide bonds. The number of nitrogens with two attached hydrogens (primary N) is 1. The molecule has 0 fully saturated rings. The number of benzene rings is 2. The lowest BCUT2D eigenvalue weighted by Crippen LogP contribution is -2.38. The van der Waals surface area contributed by atoms with Crippen LogP contribution in [0.4, 0.5) is 10.8 Å². The molecule has 2 heterocycles. The molecule has 1 aliphatic carbocycles. The van der Waals surface area contributed by atoms with E-state index in [1.54, 1.807) is 36.3 Å². The van der Waals surface area contributed by atoms with Gasteiger partial charge in [0.15, 0.2) is 10.1 Å². The van der Waals surface area contributed by atoms with E-state index in [2.05, 4.69) is 37.5 Å². The summed E-state index contributed by atoms with van der Waals surface area (Å²) in [5.74, 6) is 0.355. The number of hydrogen-bond acceptors (Lipinski definition) is 10. The Labute approximate surface area is 241 Å². The monoisotopic (exact) mass is 622 g/mol. The Morgan fingerprint density at radius 1 is 1.23 bits per heavy atom. The van der Waals surface area contributed by atoms with Crippen molar-refractivity contribution >= 4 is 61.5 Å². The van der Waals surface area contributed by atoms with Crippen LogP contribution >= 0.6 is 39.0 Å². The number of thioether (sulfide) groups is 1. The molecule has 39 heavy (non-hydrogen) atoms. The average Bonchev–Trinajstić information content (AvgIpc) is 3.41. The summed E-state index contributed by atoms with van der Waals surface area (Å²) in [4.78, 5) is 27.4. The zero-order chi connectivity index (χ0) is 27.5. The second-order valence-corrected chi connectivity index (χ2v) is 11.9. The Bertz CT molecular complexity index is 1530. The summed E-state index contributed by atoms with van der Waals surface area (Å²) in [6.45, 7) is 0. The fourth-order valence-electron chi connectivity index (χ4n) is 4.64. The van der Waals surface area contributed by atoms with E-state index in [1.807, 2.05) is 24.3 Å². The second kappa shape index (κ2) is 11.6. The van der Waals surface area contributed by atoms with Gasteiger partial charge >= 0.3 is 0 Å². The number of hydrogen-bond donors (Lipinski definition) is 2. The molecule has 9 nitrogen and oxygen atoms in total. The third-order valence-electron chi connectivity index (χ3n) is 6.40. The van der Waals surface area contributed by atoms with Crippen molar-refractivity contribution in [3.05, 3.63) is 81.2 Å². The number of methoxy groups -OCH3 is 1. The van der Waals surface area contributed by atoms with E-state index in [1.165, 1.54) is 23.1 Å². The largest absolute Gasteiger partial charge is 0.497 e. The van der Waals surface area contributed by atoms with Crippen LogP contribution in [0.1, 0.15) is 30.7 Å². The molecule has 12 heteroatoms. The SMILES string of the molecule is COc1ccc(NC(=O)CSc2nnc(N3C(N)=C(C#N)C(c4ccc(Br)cc4)C4=C3CCCC4=O)s2)cc1. The first-order valence-corrected chi connectivity index (χ1v) is 14.6. The maximum atomic E-state index is 13.2. The topological polar surface area (TPSA) is 134 Å². The van der Waals surface area contributed by atoms with Crippen LogP contribution in [0.15, 0.2) is 80.0 Å². The Kier molecular flexibility index (Phi) is 8.02. The van der Waals surface area contributed by atoms with Gasteiger partial charge in [0.2, 0.25) is 11.0 Å². The summed E-state index contributed by atoms with van der Waals surface area (Å²) in [6.07, 6.45) is 1.72. The van der Waals surface area contributed by atoms with Gasteiger partial charge < -0.3 is 15.8 Å². The van der Waals surface area contributed by atoms with Gasteiger partial charge in [0.25, 0.3) is 0 Å². The van der Waals surface area contributed by atoms with E-state index >= 15 is 0 Å². The smallest absolute Gasteiger partial charge is 0.234 e. The maximum Gasteiger partial charge on any atom is 0.234 e. The molecule has 0 saturated carbocycles. The molecule has 0 radical (unpaired) electrons. The molecule has 5 rings (SSSR count). The highest BCUT2D eigenvalue weighted by molar-refractivity contribution is 9.10. The van der Waals surface area contributed by atoms with E-state index in [0.29, 0.717) is 51.3 Å². The number of ether oxygens (including phenoxy) is 1. The second-order valence-electron chi connectivity index (χ2n) is 8.78. The van der Waals surface area contributed by atoms with Gasteiger partial charge in [-0.15, -0.1) is 10.2 Å². The molecule has 3 N–H and O–H groups in total. The number of ketones is 1. The predicted octanol–water partition coefficient (Wildman–Crippen LogP) is 5.34. The number of nitrogens with zero attached hydrogens (tertiary/aromatic N) is 4. The normalized spacial score (nSPS) is 17.1. The van der Waals surface area contributed by atoms with E-state index in [0.717, 1.165) is 15.7 Å². The number of carbonyl (C=O) groups is 2. The third-order valence-corrected chi connectivity index (χ3v) is 8.97. The Balaban J connectivity index is 1.39. The number of Topliss-reactive ketones (excluding diaryl/α,β-unsaturated/α-hetero) is 1. The van der Waals surface area contributed by atoms with Crippen molar-refractivity contribution in [3.8, 4) is 11.8 Å². The number of rotatable bonds is 7. The molecule has 2 aliphatic rings. The fourth-order valence-corrected chi connectivity index (χ4v) is 6.59. The summed E-state index contributed by atoms with van der Waals surface area (Å²) in [5, 5.41) is 22.0. The molecule has 198 valence electrons. The van der Waals surface area contributed by atoms with Gasteiger partial charge in [-0.05, 0) is 54.8 Å². The van der Waals surface area contributed by atoms with Gasteiger partial charge in [-0.1, -0.05) is 51.2 Å². The number of nitrogens with one attached hydrogen (secondary N) is 1. The van der Waals surface area contributed by atoms with Crippen molar-refractivity contribution in [1.29, 1.82) is 5.26 Å². The summed E-state index contributed by atoms with van der Waals surface area (Å²) < 4.78 is 6.61. The number of amides is 1. The van der Waals surface area contributed by atoms with Gasteiger partial charge in [-0.3, -0.25) is 14.5 Å². The van der Waals surface area contributed by atoms with E-state index in [-0.39, 0.29) is 23.3 Å². The highest BCUT2D eigenvalue weighted by Gasteiger charge is 2.41. The lowest BCUT2D eigenvalue weighted by atomic mass is 9.76. The highest BCUT2D eigenvalue weighted by Crippen LogP contribution is 2.47. The fraction of sp³-hybridized carbons (Fsp3) is 0.222. The minimum absolute atomic E-state index is 0.00346. The van der Waals surface area contributed by atoms with Crippen LogP contribution in [0.5, 0.6) is 5.75 Å². The molecule has 3 aromatic rings. The molecule has 1 atom stereocenters. The van der Waals surface area contributed by atoms with Crippen molar-refractivity contribution in [1.82, 2.24) is 10.2 Å². The van der Waals surface area contributed by atoms with Gasteiger partial charge in [-0.25, -0.2) is 0 Å². The van der Waals surface area contributed by atoms with Crippen LogP contribution in [0.25, 0.3) is 0 Å². The van der Waals surface area contributed by atoms with E-state index < -0.39 is 5.92 Å². The molecular weight excluding hydrogens is 600 g/mol. The zero-order valence-electron chi connectivity index (χ0n) is 20.8. The molecule has 0 spiro atoms. The van der Waals surface area contributed by atoms with Crippen LogP contribution < -0.4 is 20.7 Å². The lowest BCUT2D eigenvalue weighted by Gasteiger charge is -2.38. The summed E-state index contributed by atoms with van der Waals surface area (Å²) >= 11 is 5.95. The van der Waals surface area contributed by atoms with Crippen LogP contribution in [0.2, 0.25) is 0 Å². The summed E-state index contributed by atoms with van der Waals surface area (Å²) in [7, 11) is 1.58. The number of carbonyl (C=O) groups excluding carboxylic acids is 2. The summed E-state index contributed by atoms with van der Waals surface area (Å²) in [6, 6.07) is 16.9. The van der Waals surface area contributed by atoms with E-state index in [4.69, 9.17) is 10.5 Å². The van der Waals surface area contributed by atoms with Crippen molar-refractivity contribution in [2.45, 2.75) is 29.5 Å². The van der Waals surface area contributed by atoms with Gasteiger partial charge in [-0.2, -0.15) is 5.26 Å². The molecule has 1 aromatic heterocycles. The zero-order valence-corrected chi connectivity index (χ0v) is 24.0. The van der Waals surface area contributed by atoms with E-state index in [9.17, 15) is 14.9 Å². The van der Waals surface area contributed by atoms with Crippen molar-refractivity contribution < 1.29 is 14.3 Å². The van der Waals surface area contributed by atoms with Crippen LogP contribution in [-0.2, 0) is 9.59 Å². The Morgan fingerprint density at radius 2 is 1.97 bits per heavy atom. The van der Waals surface area contributed by atoms with Crippen LogP contribution in [-0.4, -0.2) is 34.8 Å². The molecule has 2 aromatic carbocycles. The first-order chi connectivity index (χ1) is 18.9. The minimum Gasteiger partial charge on any atom is -0.497 e. The first-order valence-electron chi connectivity index (χ1n) is 12.0. The quantitative estimate of drug-likeness (QED) is 0.334. The van der Waals surface area contributed by atoms with Crippen molar-refractivity contribution in [2.24, 2.45) is 5.73 Å². The first kappa shape index (κ1) is 26.9.